The van der Waals surface area contributed by atoms with Crippen LogP contribution >= 0.6 is 15.9 Å². The van der Waals surface area contributed by atoms with Crippen molar-refractivity contribution in [3.05, 3.63) is 64.6 Å². The summed E-state index contributed by atoms with van der Waals surface area (Å²) >= 11 is 3.36. The third-order valence-corrected chi connectivity index (χ3v) is 4.02. The fourth-order valence-corrected chi connectivity index (χ4v) is 2.61. The van der Waals surface area contributed by atoms with E-state index in [1.165, 1.54) is 0 Å². The van der Waals surface area contributed by atoms with Gasteiger partial charge in [-0.05, 0) is 29.7 Å². The van der Waals surface area contributed by atoms with E-state index in [9.17, 15) is 9.59 Å². The second-order valence-electron chi connectivity index (χ2n) is 5.93. The molecule has 2 rings (SSSR count). The van der Waals surface area contributed by atoms with Gasteiger partial charge in [-0.1, -0.05) is 66.2 Å². The number of rotatable bonds is 6. The minimum absolute atomic E-state index is 0.0866. The molecular weight excluding hydrogens is 384 g/mol. The molecule has 0 heterocycles. The minimum atomic E-state index is -0.692. The lowest BCUT2D eigenvalue weighted by Gasteiger charge is -2.21. The Morgan fingerprint density at radius 2 is 1.80 bits per heavy atom. The third kappa shape index (κ3) is 6.23. The number of nitrogens with one attached hydrogen (secondary N) is 2. The van der Waals surface area contributed by atoms with E-state index in [-0.39, 0.29) is 18.4 Å². The summed E-state index contributed by atoms with van der Waals surface area (Å²) in [4.78, 5) is 24.5. The molecule has 0 saturated heterocycles. The molecular formula is C19H21BrN2O3. The van der Waals surface area contributed by atoms with E-state index in [0.29, 0.717) is 5.69 Å². The standard InChI is InChI=1S/C19H21BrN2O3/c1-13(2)17(18(23)21-16-10-6-9-15(20)11-16)22-19(24)25-12-14-7-4-3-5-8-14/h3-11,13,17H,12H2,1-2H3,(H,21,23)(H,22,24)/t17-/m0/s1. The quantitative estimate of drug-likeness (QED) is 0.752. The molecule has 6 heteroatoms. The van der Waals surface area contributed by atoms with Crippen LogP contribution in [0, 0.1) is 5.92 Å². The molecule has 0 aliphatic heterocycles. The van der Waals surface area contributed by atoms with Crippen LogP contribution in [0.15, 0.2) is 59.1 Å². The SMILES string of the molecule is CC(C)[C@H](NC(=O)OCc1ccccc1)C(=O)Nc1cccc(Br)c1. The molecule has 0 fully saturated rings. The van der Waals surface area contributed by atoms with Gasteiger partial charge in [0.15, 0.2) is 0 Å². The van der Waals surface area contributed by atoms with Crippen LogP contribution in [0.5, 0.6) is 0 Å². The first kappa shape index (κ1) is 19.0. The van der Waals surface area contributed by atoms with Crippen molar-refractivity contribution < 1.29 is 14.3 Å². The van der Waals surface area contributed by atoms with Gasteiger partial charge >= 0.3 is 6.09 Å². The number of alkyl carbamates (subject to hydrolysis) is 1. The molecule has 132 valence electrons. The predicted octanol–water partition coefficient (Wildman–Crippen LogP) is 4.34. The van der Waals surface area contributed by atoms with Gasteiger partial charge < -0.3 is 15.4 Å². The summed E-state index contributed by atoms with van der Waals surface area (Å²) in [6.07, 6.45) is -0.619. The Kier molecular flexibility index (Phi) is 7.01. The maximum absolute atomic E-state index is 12.5. The van der Waals surface area contributed by atoms with E-state index in [1.54, 1.807) is 12.1 Å². The number of benzene rings is 2. The lowest BCUT2D eigenvalue weighted by molar-refractivity contribution is -0.119. The molecule has 0 saturated carbocycles. The van der Waals surface area contributed by atoms with Gasteiger partial charge in [0.1, 0.15) is 12.6 Å². The molecule has 2 N–H and O–H groups in total. The van der Waals surface area contributed by atoms with Gasteiger partial charge in [0, 0.05) is 10.2 Å². The second kappa shape index (κ2) is 9.22. The van der Waals surface area contributed by atoms with Crippen molar-refractivity contribution >= 4 is 33.6 Å². The average molecular weight is 405 g/mol. The maximum atomic E-state index is 12.5. The lowest BCUT2D eigenvalue weighted by atomic mass is 10.0. The zero-order valence-electron chi connectivity index (χ0n) is 14.2. The number of anilines is 1. The van der Waals surface area contributed by atoms with Crippen LogP contribution in [0.25, 0.3) is 0 Å². The summed E-state index contributed by atoms with van der Waals surface area (Å²) in [7, 11) is 0. The minimum Gasteiger partial charge on any atom is -0.445 e. The summed E-state index contributed by atoms with van der Waals surface area (Å²) in [5.74, 6) is -0.374. The van der Waals surface area contributed by atoms with Gasteiger partial charge in [0.2, 0.25) is 5.91 Å². The van der Waals surface area contributed by atoms with Gasteiger partial charge in [0.25, 0.3) is 0 Å². The Hall–Kier alpha value is -2.34. The molecule has 2 aromatic rings. The normalized spacial score (nSPS) is 11.7. The highest BCUT2D eigenvalue weighted by Gasteiger charge is 2.25. The Balaban J connectivity index is 1.92. The molecule has 0 aromatic heterocycles. The van der Waals surface area contributed by atoms with Crippen LogP contribution in [-0.4, -0.2) is 18.0 Å². The summed E-state index contributed by atoms with van der Waals surface area (Å²) < 4.78 is 6.05. The third-order valence-electron chi connectivity index (χ3n) is 3.53. The fourth-order valence-electron chi connectivity index (χ4n) is 2.21. The van der Waals surface area contributed by atoms with Crippen LogP contribution in [0.2, 0.25) is 0 Å². The van der Waals surface area contributed by atoms with Gasteiger partial charge in [-0.2, -0.15) is 0 Å². The van der Waals surface area contributed by atoms with Crippen molar-refractivity contribution in [1.82, 2.24) is 5.32 Å². The number of hydrogen-bond donors (Lipinski definition) is 2. The average Bonchev–Trinajstić information content (AvgIpc) is 2.58. The predicted molar refractivity (Wildman–Crippen MR) is 101 cm³/mol. The molecule has 5 nitrogen and oxygen atoms in total. The molecule has 25 heavy (non-hydrogen) atoms. The van der Waals surface area contributed by atoms with Crippen LogP contribution in [0.1, 0.15) is 19.4 Å². The molecule has 0 unspecified atom stereocenters. The van der Waals surface area contributed by atoms with E-state index < -0.39 is 12.1 Å². The summed E-state index contributed by atoms with van der Waals surface area (Å²) in [5.41, 5.74) is 1.54. The number of ether oxygens (including phenoxy) is 1. The number of carbonyl (C=O) groups excluding carboxylic acids is 2. The van der Waals surface area contributed by atoms with Crippen LogP contribution < -0.4 is 10.6 Å². The first-order chi connectivity index (χ1) is 12.0. The van der Waals surface area contributed by atoms with Crippen LogP contribution in [-0.2, 0) is 16.1 Å². The van der Waals surface area contributed by atoms with Crippen LogP contribution in [0.4, 0.5) is 10.5 Å². The number of amides is 2. The van der Waals surface area contributed by atoms with E-state index >= 15 is 0 Å². The maximum Gasteiger partial charge on any atom is 0.408 e. The van der Waals surface area contributed by atoms with Crippen molar-refractivity contribution in [2.75, 3.05) is 5.32 Å². The first-order valence-electron chi connectivity index (χ1n) is 7.99. The smallest absolute Gasteiger partial charge is 0.408 e. The molecule has 0 radical (unpaired) electrons. The molecule has 0 spiro atoms. The lowest BCUT2D eigenvalue weighted by Crippen LogP contribution is -2.47. The molecule has 2 aromatic carbocycles. The van der Waals surface area contributed by atoms with Crippen molar-refractivity contribution in [3.8, 4) is 0 Å². The number of carbonyl (C=O) groups is 2. The number of hydrogen-bond acceptors (Lipinski definition) is 3. The first-order valence-corrected chi connectivity index (χ1v) is 8.78. The zero-order valence-corrected chi connectivity index (χ0v) is 15.7. The topological polar surface area (TPSA) is 67.4 Å². The van der Waals surface area contributed by atoms with Crippen LogP contribution in [0.3, 0.4) is 0 Å². The van der Waals surface area contributed by atoms with E-state index in [1.807, 2.05) is 56.3 Å². The Labute approximate surface area is 155 Å². The summed E-state index contributed by atoms with van der Waals surface area (Å²) in [5, 5.41) is 5.44. The van der Waals surface area contributed by atoms with Gasteiger partial charge in [-0.3, -0.25) is 4.79 Å². The van der Waals surface area contributed by atoms with Gasteiger partial charge in [0.05, 0.1) is 0 Å². The molecule has 0 aliphatic carbocycles. The van der Waals surface area contributed by atoms with Crippen molar-refractivity contribution in [3.63, 3.8) is 0 Å². The van der Waals surface area contributed by atoms with Gasteiger partial charge in [-0.25, -0.2) is 4.79 Å². The molecule has 2 amide bonds. The Morgan fingerprint density at radius 1 is 1.08 bits per heavy atom. The van der Waals surface area contributed by atoms with E-state index in [2.05, 4.69) is 26.6 Å². The summed E-state index contributed by atoms with van der Waals surface area (Å²) in [6.45, 7) is 3.88. The van der Waals surface area contributed by atoms with Crippen molar-refractivity contribution in [2.24, 2.45) is 5.92 Å². The highest BCUT2D eigenvalue weighted by atomic mass is 79.9. The van der Waals surface area contributed by atoms with Crippen molar-refractivity contribution in [1.29, 1.82) is 0 Å². The molecule has 1 atom stereocenters. The highest BCUT2D eigenvalue weighted by Crippen LogP contribution is 2.16. The summed E-state index contributed by atoms with van der Waals surface area (Å²) in [6, 6.07) is 16.0. The zero-order chi connectivity index (χ0) is 18.2. The van der Waals surface area contributed by atoms with Gasteiger partial charge in [-0.15, -0.1) is 0 Å². The molecule has 0 bridgehead atoms. The Morgan fingerprint density at radius 3 is 2.44 bits per heavy atom. The number of halogens is 1. The molecule has 0 aliphatic rings. The monoisotopic (exact) mass is 404 g/mol. The van der Waals surface area contributed by atoms with E-state index in [4.69, 9.17) is 4.74 Å². The van der Waals surface area contributed by atoms with E-state index in [0.717, 1.165) is 10.0 Å². The second-order valence-corrected chi connectivity index (χ2v) is 6.84. The Bertz CT molecular complexity index is 720. The highest BCUT2D eigenvalue weighted by molar-refractivity contribution is 9.10. The largest absolute Gasteiger partial charge is 0.445 e. The fraction of sp³-hybridized carbons (Fsp3) is 0.263. The van der Waals surface area contributed by atoms with Crippen molar-refractivity contribution in [2.45, 2.75) is 26.5 Å².